The van der Waals surface area contributed by atoms with Crippen LogP contribution >= 0.6 is 11.6 Å². The first-order chi connectivity index (χ1) is 16.4. The van der Waals surface area contributed by atoms with E-state index in [1.807, 2.05) is 20.8 Å². The number of carbonyl (C=O) groups is 1. The molecule has 0 radical (unpaired) electrons. The summed E-state index contributed by atoms with van der Waals surface area (Å²) in [6, 6.07) is 15.1. The van der Waals surface area contributed by atoms with Crippen molar-refractivity contribution in [3.05, 3.63) is 83.0 Å². The van der Waals surface area contributed by atoms with Crippen LogP contribution in [0.3, 0.4) is 0 Å². The van der Waals surface area contributed by atoms with Gasteiger partial charge in [-0.1, -0.05) is 44.5 Å². The Hall–Kier alpha value is -3.70. The van der Waals surface area contributed by atoms with E-state index in [0.717, 1.165) is 16.2 Å². The maximum Gasteiger partial charge on any atom is 0.326 e. The molecular weight excluding hydrogens is 492 g/mol. The summed E-state index contributed by atoms with van der Waals surface area (Å²) < 4.78 is 28.8. The monoisotopic (exact) mass is 516 g/mol. The number of carbonyl (C=O) groups excluding carboxylic acids is 1. The second kappa shape index (κ2) is 9.16. The molecule has 1 aliphatic rings. The van der Waals surface area contributed by atoms with Crippen molar-refractivity contribution in [2.24, 2.45) is 0 Å². The minimum absolute atomic E-state index is 0.0846. The van der Waals surface area contributed by atoms with Crippen molar-refractivity contribution in [1.82, 2.24) is 18.8 Å². The first-order valence-electron chi connectivity index (χ1n) is 10.6. The van der Waals surface area contributed by atoms with E-state index >= 15 is 0 Å². The van der Waals surface area contributed by atoms with Gasteiger partial charge in [0, 0.05) is 22.2 Å². The summed E-state index contributed by atoms with van der Waals surface area (Å²) in [6.45, 7) is 5.94. The Kier molecular flexibility index (Phi) is 6.39. The zero-order valence-electron chi connectivity index (χ0n) is 19.3. The van der Waals surface area contributed by atoms with Crippen molar-refractivity contribution in [2.75, 3.05) is 10.6 Å². The summed E-state index contributed by atoms with van der Waals surface area (Å²) in [5.41, 5.74) is 2.24. The highest BCUT2D eigenvalue weighted by Crippen LogP contribution is 2.27. The molecule has 0 saturated carbocycles. The highest BCUT2D eigenvalue weighted by Gasteiger charge is 2.29. The summed E-state index contributed by atoms with van der Waals surface area (Å²) >= 11 is 5.91. The van der Waals surface area contributed by atoms with Crippen LogP contribution in [-0.2, 0) is 22.2 Å². The fraction of sp³-hybridized carbons (Fsp3) is 0.217. The predicted octanol–water partition coefficient (Wildman–Crippen LogP) is 4.47. The lowest BCUT2D eigenvalue weighted by molar-refractivity contribution is 0.262. The van der Waals surface area contributed by atoms with E-state index in [0.29, 0.717) is 27.8 Å². The van der Waals surface area contributed by atoms with Crippen LogP contribution in [0.4, 0.5) is 16.3 Å². The molecule has 10 nitrogen and oxygen atoms in total. The van der Waals surface area contributed by atoms with Crippen LogP contribution in [0.2, 0.25) is 5.02 Å². The molecule has 0 aliphatic carbocycles. The molecule has 2 amide bonds. The number of aliphatic hydroxyl groups excluding tert-OH is 1. The lowest BCUT2D eigenvalue weighted by Crippen LogP contribution is -2.30. The Morgan fingerprint density at radius 2 is 1.83 bits per heavy atom. The van der Waals surface area contributed by atoms with Gasteiger partial charge in [0.1, 0.15) is 5.82 Å². The second-order valence-electron chi connectivity index (χ2n) is 8.96. The van der Waals surface area contributed by atoms with E-state index in [9.17, 15) is 18.3 Å². The van der Waals surface area contributed by atoms with Gasteiger partial charge < -0.3 is 10.4 Å². The van der Waals surface area contributed by atoms with Gasteiger partial charge in [-0.05, 0) is 42.0 Å². The van der Waals surface area contributed by atoms with Gasteiger partial charge in [-0.3, -0.25) is 10.0 Å². The van der Waals surface area contributed by atoms with E-state index in [4.69, 9.17) is 16.7 Å². The fourth-order valence-electron chi connectivity index (χ4n) is 3.35. The van der Waals surface area contributed by atoms with Crippen LogP contribution in [0.25, 0.3) is 5.69 Å². The Bertz CT molecular complexity index is 1390. The first-order valence-corrected chi connectivity index (χ1v) is 12.5. The topological polar surface area (TPSA) is 129 Å². The molecule has 35 heavy (non-hydrogen) atoms. The number of benzene rings is 2. The third-order valence-corrected chi connectivity index (χ3v) is 6.75. The second-order valence-corrected chi connectivity index (χ2v) is 11.0. The molecule has 4 rings (SSSR count). The molecule has 1 aromatic heterocycles. The number of halogens is 1. The van der Waals surface area contributed by atoms with Gasteiger partial charge in [0.05, 0.1) is 24.1 Å². The molecule has 0 spiro atoms. The molecule has 0 saturated heterocycles. The average Bonchev–Trinajstić information content (AvgIpc) is 3.32. The molecule has 2 heterocycles. The average molecular weight is 517 g/mol. The number of aromatic nitrogens is 2. The van der Waals surface area contributed by atoms with Crippen LogP contribution in [0.1, 0.15) is 32.0 Å². The molecule has 0 unspecified atom stereocenters. The number of anilines is 2. The lowest BCUT2D eigenvalue weighted by Gasteiger charge is -2.17. The number of nitrogens with zero attached hydrogens (tertiary/aromatic N) is 3. The zero-order valence-corrected chi connectivity index (χ0v) is 20.9. The maximum atomic E-state index is 12.7. The summed E-state index contributed by atoms with van der Waals surface area (Å²) in [5, 5.41) is 20.7. The number of amides is 2. The van der Waals surface area contributed by atoms with Gasteiger partial charge in [0.15, 0.2) is 0 Å². The van der Waals surface area contributed by atoms with Gasteiger partial charge in [-0.2, -0.15) is 13.5 Å². The number of hydrogen-bond donors (Lipinski definition) is 4. The van der Waals surface area contributed by atoms with Crippen molar-refractivity contribution in [3.63, 3.8) is 0 Å². The number of urea groups is 1. The minimum atomic E-state index is -3.84. The third-order valence-electron chi connectivity index (χ3n) is 5.19. The summed E-state index contributed by atoms with van der Waals surface area (Å²) in [6.07, 6.45) is 1.02. The SMILES string of the molecule is CC(C)(C)c1cc(NC(=O)Nc2ccc(Cl)cc2)n(-c2cccc(CN3C(O)=CNS3(=O)=O)c2)n1. The van der Waals surface area contributed by atoms with Crippen molar-refractivity contribution in [2.45, 2.75) is 32.7 Å². The van der Waals surface area contributed by atoms with E-state index in [2.05, 4.69) is 15.4 Å². The van der Waals surface area contributed by atoms with Crippen LogP contribution in [0, 0.1) is 0 Å². The van der Waals surface area contributed by atoms with Gasteiger partial charge in [0.25, 0.3) is 0 Å². The molecule has 2 aromatic carbocycles. The van der Waals surface area contributed by atoms with Crippen molar-refractivity contribution in [3.8, 4) is 5.69 Å². The highest BCUT2D eigenvalue weighted by molar-refractivity contribution is 7.87. The first kappa shape index (κ1) is 24.4. The molecule has 0 fully saturated rings. The molecule has 4 N–H and O–H groups in total. The molecule has 0 atom stereocenters. The number of hydrogen-bond acceptors (Lipinski definition) is 5. The molecule has 0 bridgehead atoms. The molecule has 184 valence electrons. The van der Waals surface area contributed by atoms with Gasteiger partial charge in [-0.25, -0.2) is 13.8 Å². The summed E-state index contributed by atoms with van der Waals surface area (Å²) in [4.78, 5) is 12.7. The Labute approximate surface area is 208 Å². The summed E-state index contributed by atoms with van der Waals surface area (Å²) in [7, 11) is -3.84. The van der Waals surface area contributed by atoms with Gasteiger partial charge in [-0.15, -0.1) is 0 Å². The number of rotatable bonds is 5. The van der Waals surface area contributed by atoms with Crippen LogP contribution in [-0.4, -0.2) is 33.6 Å². The van der Waals surface area contributed by atoms with Crippen molar-refractivity contribution >= 4 is 39.3 Å². The van der Waals surface area contributed by atoms with Gasteiger partial charge in [0.2, 0.25) is 5.88 Å². The molecular formula is C23H25ClN6O4S. The molecule has 1 aliphatic heterocycles. The van der Waals surface area contributed by atoms with Crippen LogP contribution < -0.4 is 15.4 Å². The standard InChI is InChI=1S/C23H25ClN6O4S/c1-23(2,3)19-12-20(27-22(32)26-17-9-7-16(24)8-10-17)30(28-19)18-6-4-5-15(11-18)14-29-21(31)13-25-35(29,33)34/h4-13,25,31H,14H2,1-3H3,(H2,26,27,32). The van der Waals surface area contributed by atoms with E-state index in [-0.39, 0.29) is 12.0 Å². The quantitative estimate of drug-likeness (QED) is 0.397. The van der Waals surface area contributed by atoms with E-state index in [1.165, 1.54) is 0 Å². The lowest BCUT2D eigenvalue weighted by atomic mass is 9.92. The van der Waals surface area contributed by atoms with Crippen LogP contribution in [0.5, 0.6) is 0 Å². The van der Waals surface area contributed by atoms with E-state index < -0.39 is 22.1 Å². The van der Waals surface area contributed by atoms with Gasteiger partial charge >= 0.3 is 16.2 Å². The molecule has 3 aromatic rings. The van der Waals surface area contributed by atoms with Crippen LogP contribution in [0.15, 0.2) is 66.7 Å². The van der Waals surface area contributed by atoms with Crippen molar-refractivity contribution in [1.29, 1.82) is 0 Å². The summed E-state index contributed by atoms with van der Waals surface area (Å²) in [5.74, 6) is 0.0301. The predicted molar refractivity (Wildman–Crippen MR) is 135 cm³/mol. The van der Waals surface area contributed by atoms with Crippen molar-refractivity contribution < 1.29 is 18.3 Å². The largest absolute Gasteiger partial charge is 0.493 e. The molecule has 12 heteroatoms. The Balaban J connectivity index is 1.63. The normalized spacial score (nSPS) is 14.9. The fourth-order valence-corrected chi connectivity index (χ4v) is 4.48. The van der Waals surface area contributed by atoms with E-state index in [1.54, 1.807) is 59.3 Å². The Morgan fingerprint density at radius 1 is 1.11 bits per heavy atom. The third kappa shape index (κ3) is 5.52. The Morgan fingerprint density at radius 3 is 2.46 bits per heavy atom. The zero-order chi connectivity index (χ0) is 25.4. The highest BCUT2D eigenvalue weighted by atomic mass is 35.5. The smallest absolute Gasteiger partial charge is 0.326 e. The minimum Gasteiger partial charge on any atom is -0.493 e. The number of aliphatic hydroxyl groups is 1. The maximum absolute atomic E-state index is 12.7. The number of nitrogens with one attached hydrogen (secondary N) is 3.